The molecule has 2 amide bonds. The van der Waals surface area contributed by atoms with E-state index in [4.69, 9.17) is 4.84 Å². The molecule has 0 radical (unpaired) electrons. The van der Waals surface area contributed by atoms with Gasteiger partial charge in [-0.1, -0.05) is 17.3 Å². The van der Waals surface area contributed by atoms with Crippen LogP contribution in [0.1, 0.15) is 38.7 Å². The summed E-state index contributed by atoms with van der Waals surface area (Å²) in [6.45, 7) is 4.89. The lowest BCUT2D eigenvalue weighted by molar-refractivity contribution is -0.137. The summed E-state index contributed by atoms with van der Waals surface area (Å²) in [5.74, 6) is -0.120. The van der Waals surface area contributed by atoms with E-state index in [0.717, 1.165) is 37.2 Å². The molecule has 1 saturated heterocycles. The van der Waals surface area contributed by atoms with Gasteiger partial charge in [-0.3, -0.25) is 9.59 Å². The first-order valence-corrected chi connectivity index (χ1v) is 7.88. The van der Waals surface area contributed by atoms with Gasteiger partial charge in [-0.2, -0.15) is 0 Å². The average molecular weight is 317 g/mol. The second-order valence-corrected chi connectivity index (χ2v) is 5.65. The van der Waals surface area contributed by atoms with Gasteiger partial charge in [0.1, 0.15) is 0 Å². The fourth-order valence-corrected chi connectivity index (χ4v) is 2.47. The Morgan fingerprint density at radius 3 is 2.39 bits per heavy atom. The summed E-state index contributed by atoms with van der Waals surface area (Å²) in [6.07, 6.45) is 3.32. The van der Waals surface area contributed by atoms with Crippen molar-refractivity contribution in [1.82, 2.24) is 4.90 Å². The van der Waals surface area contributed by atoms with E-state index in [1.54, 1.807) is 12.1 Å². The number of oxime groups is 1. The van der Waals surface area contributed by atoms with E-state index in [9.17, 15) is 9.59 Å². The molecule has 0 aromatic heterocycles. The molecule has 0 spiro atoms. The third-order valence-corrected chi connectivity index (χ3v) is 3.72. The van der Waals surface area contributed by atoms with Crippen LogP contribution in [0, 0.1) is 0 Å². The Morgan fingerprint density at radius 1 is 1.13 bits per heavy atom. The van der Waals surface area contributed by atoms with Crippen LogP contribution >= 0.6 is 0 Å². The number of rotatable bonds is 5. The van der Waals surface area contributed by atoms with E-state index in [-0.39, 0.29) is 18.4 Å². The summed E-state index contributed by atoms with van der Waals surface area (Å²) in [6, 6.07) is 7.29. The van der Waals surface area contributed by atoms with E-state index in [1.807, 2.05) is 24.0 Å². The molecule has 1 aliphatic rings. The van der Waals surface area contributed by atoms with Crippen LogP contribution < -0.4 is 5.32 Å². The highest BCUT2D eigenvalue weighted by molar-refractivity contribution is 5.99. The first-order valence-electron chi connectivity index (χ1n) is 7.88. The first-order chi connectivity index (χ1) is 11.1. The highest BCUT2D eigenvalue weighted by Gasteiger charge is 2.16. The summed E-state index contributed by atoms with van der Waals surface area (Å²) >= 11 is 0. The van der Waals surface area contributed by atoms with Crippen LogP contribution in [0.15, 0.2) is 29.4 Å². The van der Waals surface area contributed by atoms with Crippen molar-refractivity contribution in [2.45, 2.75) is 33.1 Å². The zero-order chi connectivity index (χ0) is 16.7. The van der Waals surface area contributed by atoms with Crippen molar-refractivity contribution in [3.8, 4) is 0 Å². The molecule has 0 saturated carbocycles. The van der Waals surface area contributed by atoms with E-state index in [2.05, 4.69) is 10.5 Å². The zero-order valence-corrected chi connectivity index (χ0v) is 13.7. The summed E-state index contributed by atoms with van der Waals surface area (Å²) in [4.78, 5) is 29.9. The van der Waals surface area contributed by atoms with Crippen molar-refractivity contribution in [3.05, 3.63) is 29.8 Å². The maximum absolute atomic E-state index is 12.0. The number of benzene rings is 1. The minimum absolute atomic E-state index is 0.0118. The smallest absolute Gasteiger partial charge is 0.263 e. The topological polar surface area (TPSA) is 71.0 Å². The van der Waals surface area contributed by atoms with Crippen molar-refractivity contribution < 1.29 is 14.4 Å². The first kappa shape index (κ1) is 17.0. The molecule has 124 valence electrons. The fraction of sp³-hybridized carbons (Fsp3) is 0.471. The molecule has 1 aromatic rings. The normalized spacial score (nSPS) is 15.2. The Morgan fingerprint density at radius 2 is 1.78 bits per heavy atom. The van der Waals surface area contributed by atoms with E-state index < -0.39 is 0 Å². The highest BCUT2D eigenvalue weighted by atomic mass is 16.6. The molecule has 23 heavy (non-hydrogen) atoms. The van der Waals surface area contributed by atoms with Gasteiger partial charge in [-0.25, -0.2) is 0 Å². The van der Waals surface area contributed by atoms with Gasteiger partial charge in [0.15, 0.2) is 6.61 Å². The second-order valence-electron chi connectivity index (χ2n) is 5.65. The number of amides is 2. The van der Waals surface area contributed by atoms with Crippen molar-refractivity contribution in [2.24, 2.45) is 5.16 Å². The Balaban J connectivity index is 1.84. The van der Waals surface area contributed by atoms with Crippen LogP contribution in [0.4, 0.5) is 5.69 Å². The predicted molar refractivity (Wildman–Crippen MR) is 89.3 cm³/mol. The monoisotopic (exact) mass is 317 g/mol. The Kier molecular flexibility index (Phi) is 6.14. The van der Waals surface area contributed by atoms with Crippen LogP contribution in [0.5, 0.6) is 0 Å². The average Bonchev–Trinajstić information content (AvgIpc) is 2.55. The van der Waals surface area contributed by atoms with Gasteiger partial charge >= 0.3 is 0 Å². The van der Waals surface area contributed by atoms with Gasteiger partial charge in [0.2, 0.25) is 5.91 Å². The minimum Gasteiger partial charge on any atom is -0.385 e. The number of carbonyl (C=O) groups excluding carboxylic acids is 2. The number of anilines is 1. The number of likely N-dealkylation sites (tertiary alicyclic amines) is 1. The molecule has 6 heteroatoms. The number of hydrogen-bond donors (Lipinski definition) is 1. The van der Waals surface area contributed by atoms with Crippen LogP contribution in [0.25, 0.3) is 0 Å². The maximum Gasteiger partial charge on any atom is 0.263 e. The number of nitrogens with zero attached hydrogens (tertiary/aromatic N) is 2. The van der Waals surface area contributed by atoms with Crippen molar-refractivity contribution >= 4 is 23.2 Å². The van der Waals surface area contributed by atoms with E-state index >= 15 is 0 Å². The minimum atomic E-state index is -0.109. The molecule has 0 unspecified atom stereocenters. The Labute approximate surface area is 136 Å². The summed E-state index contributed by atoms with van der Waals surface area (Å²) in [7, 11) is 0. The van der Waals surface area contributed by atoms with Gasteiger partial charge in [-0.15, -0.1) is 0 Å². The van der Waals surface area contributed by atoms with Crippen LogP contribution in [-0.2, 0) is 14.4 Å². The predicted octanol–water partition coefficient (Wildman–Crippen LogP) is 2.40. The zero-order valence-electron chi connectivity index (χ0n) is 13.7. The number of hydrogen-bond acceptors (Lipinski definition) is 4. The van der Waals surface area contributed by atoms with Gasteiger partial charge in [0.05, 0.1) is 5.71 Å². The van der Waals surface area contributed by atoms with Crippen molar-refractivity contribution in [1.29, 1.82) is 0 Å². The standard InChI is InChI=1S/C17H23N3O3/c1-13(15-6-8-16(9-7-15)18-14(2)21)19-23-12-17(22)20-10-4-3-5-11-20/h6-9H,3-5,10-12H2,1-2H3,(H,18,21). The van der Waals surface area contributed by atoms with Crippen LogP contribution in [-0.4, -0.2) is 42.1 Å². The van der Waals surface area contributed by atoms with Gasteiger partial charge in [-0.05, 0) is 43.9 Å². The maximum atomic E-state index is 12.0. The Hall–Kier alpha value is -2.37. The molecule has 1 aliphatic heterocycles. The number of carbonyl (C=O) groups is 2. The van der Waals surface area contributed by atoms with E-state index in [1.165, 1.54) is 13.3 Å². The lowest BCUT2D eigenvalue weighted by atomic mass is 10.1. The van der Waals surface area contributed by atoms with E-state index in [0.29, 0.717) is 5.71 Å². The van der Waals surface area contributed by atoms with Gasteiger partial charge in [0, 0.05) is 25.7 Å². The molecule has 0 aliphatic carbocycles. The molecule has 1 aromatic carbocycles. The molecular weight excluding hydrogens is 294 g/mol. The fourth-order valence-electron chi connectivity index (χ4n) is 2.47. The molecule has 0 atom stereocenters. The molecule has 6 nitrogen and oxygen atoms in total. The number of nitrogens with one attached hydrogen (secondary N) is 1. The third-order valence-electron chi connectivity index (χ3n) is 3.72. The number of piperidine rings is 1. The third kappa shape index (κ3) is 5.39. The largest absolute Gasteiger partial charge is 0.385 e. The van der Waals surface area contributed by atoms with Crippen LogP contribution in [0.3, 0.4) is 0 Å². The SMILES string of the molecule is CC(=O)Nc1ccc(C(C)=NOCC(=O)N2CCCCC2)cc1. The quantitative estimate of drug-likeness (QED) is 0.669. The summed E-state index contributed by atoms with van der Waals surface area (Å²) < 4.78 is 0. The van der Waals surface area contributed by atoms with Crippen molar-refractivity contribution in [2.75, 3.05) is 25.0 Å². The molecular formula is C17H23N3O3. The molecule has 1 N–H and O–H groups in total. The lowest BCUT2D eigenvalue weighted by Gasteiger charge is -2.26. The van der Waals surface area contributed by atoms with Gasteiger partial charge in [0.25, 0.3) is 5.91 Å². The molecule has 0 bridgehead atoms. The lowest BCUT2D eigenvalue weighted by Crippen LogP contribution is -2.37. The molecule has 1 fully saturated rings. The van der Waals surface area contributed by atoms with Crippen molar-refractivity contribution in [3.63, 3.8) is 0 Å². The summed E-state index contributed by atoms with van der Waals surface area (Å²) in [5, 5.41) is 6.71. The van der Waals surface area contributed by atoms with Gasteiger partial charge < -0.3 is 15.1 Å². The Bertz CT molecular complexity index is 575. The summed E-state index contributed by atoms with van der Waals surface area (Å²) in [5.41, 5.74) is 2.30. The molecule has 1 heterocycles. The molecule has 2 rings (SSSR count). The highest BCUT2D eigenvalue weighted by Crippen LogP contribution is 2.11. The van der Waals surface area contributed by atoms with Crippen LogP contribution in [0.2, 0.25) is 0 Å². The second kappa shape index (κ2) is 8.31.